The summed E-state index contributed by atoms with van der Waals surface area (Å²) in [5.74, 6) is 0.802. The lowest BCUT2D eigenvalue weighted by molar-refractivity contribution is -0.132. The molecule has 0 bridgehead atoms. The van der Waals surface area contributed by atoms with Gasteiger partial charge in [0.05, 0.1) is 5.75 Å². The highest BCUT2D eigenvalue weighted by atomic mass is 32.2. The van der Waals surface area contributed by atoms with Crippen LogP contribution in [0.25, 0.3) is 0 Å². The van der Waals surface area contributed by atoms with Crippen molar-refractivity contribution in [1.29, 1.82) is 0 Å². The maximum Gasteiger partial charge on any atom is 0.233 e. The van der Waals surface area contributed by atoms with E-state index in [9.17, 15) is 9.59 Å². The Morgan fingerprint density at radius 2 is 2.09 bits per heavy atom. The fourth-order valence-corrected chi connectivity index (χ4v) is 3.33. The van der Waals surface area contributed by atoms with Crippen LogP contribution in [0.3, 0.4) is 0 Å². The maximum absolute atomic E-state index is 12.2. The number of carbonyl (C=O) groups excluding carboxylic acids is 2. The molecule has 0 atom stereocenters. The van der Waals surface area contributed by atoms with Crippen molar-refractivity contribution in [2.24, 2.45) is 11.7 Å². The number of thioether (sulfide) groups is 1. The lowest BCUT2D eigenvalue weighted by atomic mass is 9.96. The molecule has 2 rings (SSSR count). The van der Waals surface area contributed by atoms with Crippen LogP contribution in [-0.2, 0) is 16.1 Å². The number of nitrogens with zero attached hydrogens (tertiary/aromatic N) is 4. The monoisotopic (exact) mass is 323 g/mol. The van der Waals surface area contributed by atoms with Crippen molar-refractivity contribution >= 4 is 23.6 Å². The maximum atomic E-state index is 12.2. The zero-order valence-corrected chi connectivity index (χ0v) is 13.5. The summed E-state index contributed by atoms with van der Waals surface area (Å²) in [5.41, 5.74) is 5.30. The van der Waals surface area contributed by atoms with E-state index in [1.54, 1.807) is 11.0 Å². The fourth-order valence-electron chi connectivity index (χ4n) is 2.44. The van der Waals surface area contributed by atoms with Crippen molar-refractivity contribution in [1.82, 2.24) is 19.7 Å². The summed E-state index contributed by atoms with van der Waals surface area (Å²) in [6.07, 6.45) is 3.08. The van der Waals surface area contributed by atoms with Crippen LogP contribution >= 0.6 is 11.8 Å². The van der Waals surface area contributed by atoms with Crippen molar-refractivity contribution in [3.05, 3.63) is 18.5 Å². The molecule has 0 aliphatic carbocycles. The molecule has 0 spiro atoms. The highest BCUT2D eigenvalue weighted by Crippen LogP contribution is 2.20. The standard InChI is InChI=1S/C14H21N5O2S/c1-3-6-19-10(2)16-17-14(19)22-9-12(20)18-7-4-11(5-8-18)13(15)21/h3,11H,1,4-9H2,2H3,(H2,15,21). The molecule has 1 aliphatic rings. The molecule has 7 nitrogen and oxygen atoms in total. The Balaban J connectivity index is 1.86. The molecule has 1 aromatic heterocycles. The summed E-state index contributed by atoms with van der Waals surface area (Å²) in [6, 6.07) is 0. The topological polar surface area (TPSA) is 94.1 Å². The van der Waals surface area contributed by atoms with Crippen molar-refractivity contribution < 1.29 is 9.59 Å². The molecule has 0 unspecified atom stereocenters. The number of allylic oxidation sites excluding steroid dienone is 1. The zero-order valence-electron chi connectivity index (χ0n) is 12.7. The van der Waals surface area contributed by atoms with Gasteiger partial charge in [0, 0.05) is 25.6 Å². The number of rotatable bonds is 6. The predicted molar refractivity (Wildman–Crippen MR) is 84.2 cm³/mol. The first-order valence-electron chi connectivity index (χ1n) is 7.23. The molecule has 0 aromatic carbocycles. The van der Waals surface area contributed by atoms with Gasteiger partial charge in [-0.1, -0.05) is 17.8 Å². The second-order valence-corrected chi connectivity index (χ2v) is 6.22. The third-order valence-corrected chi connectivity index (χ3v) is 4.74. The third-order valence-electron chi connectivity index (χ3n) is 3.79. The summed E-state index contributed by atoms with van der Waals surface area (Å²) >= 11 is 1.38. The number of piperidine rings is 1. The normalized spacial score (nSPS) is 15.8. The lowest BCUT2D eigenvalue weighted by Crippen LogP contribution is -2.42. The van der Waals surface area contributed by atoms with E-state index >= 15 is 0 Å². The van der Waals surface area contributed by atoms with E-state index in [1.165, 1.54) is 11.8 Å². The van der Waals surface area contributed by atoms with E-state index in [1.807, 2.05) is 11.5 Å². The molecule has 1 fully saturated rings. The molecule has 2 N–H and O–H groups in total. The van der Waals surface area contributed by atoms with Gasteiger partial charge in [0.25, 0.3) is 0 Å². The molecule has 120 valence electrons. The Kier molecular flexibility index (Phi) is 5.59. The van der Waals surface area contributed by atoms with E-state index < -0.39 is 0 Å². The molecule has 0 radical (unpaired) electrons. The average molecular weight is 323 g/mol. The average Bonchev–Trinajstić information content (AvgIpc) is 2.86. The SMILES string of the molecule is C=CCn1c(C)nnc1SCC(=O)N1CCC(C(N)=O)CC1. The van der Waals surface area contributed by atoms with Gasteiger partial charge in [-0.25, -0.2) is 0 Å². The summed E-state index contributed by atoms with van der Waals surface area (Å²) in [7, 11) is 0. The van der Waals surface area contributed by atoms with Gasteiger partial charge < -0.3 is 15.2 Å². The van der Waals surface area contributed by atoms with Crippen LogP contribution in [0.4, 0.5) is 0 Å². The van der Waals surface area contributed by atoms with E-state index in [0.717, 1.165) is 11.0 Å². The second kappa shape index (κ2) is 7.44. The molecule has 22 heavy (non-hydrogen) atoms. The van der Waals surface area contributed by atoms with Crippen LogP contribution in [0.2, 0.25) is 0 Å². The van der Waals surface area contributed by atoms with E-state index in [-0.39, 0.29) is 17.7 Å². The predicted octanol–water partition coefficient (Wildman–Crippen LogP) is 0.589. The smallest absolute Gasteiger partial charge is 0.233 e. The fraction of sp³-hybridized carbons (Fsp3) is 0.571. The first-order valence-corrected chi connectivity index (χ1v) is 8.22. The van der Waals surface area contributed by atoms with Gasteiger partial charge in [-0.05, 0) is 19.8 Å². The van der Waals surface area contributed by atoms with Gasteiger partial charge in [-0.2, -0.15) is 0 Å². The number of carbonyl (C=O) groups is 2. The van der Waals surface area contributed by atoms with E-state index in [2.05, 4.69) is 16.8 Å². The number of hydrogen-bond acceptors (Lipinski definition) is 5. The van der Waals surface area contributed by atoms with Gasteiger partial charge >= 0.3 is 0 Å². The van der Waals surface area contributed by atoms with Gasteiger partial charge in [0.1, 0.15) is 5.82 Å². The quantitative estimate of drug-likeness (QED) is 0.611. The summed E-state index contributed by atoms with van der Waals surface area (Å²) in [4.78, 5) is 25.2. The molecule has 1 saturated heterocycles. The molecular formula is C14H21N5O2S. The molecule has 2 amide bonds. The van der Waals surface area contributed by atoms with Crippen LogP contribution in [0, 0.1) is 12.8 Å². The molecular weight excluding hydrogens is 302 g/mol. The third kappa shape index (κ3) is 3.88. The van der Waals surface area contributed by atoms with Crippen molar-refractivity contribution in [2.75, 3.05) is 18.8 Å². The van der Waals surface area contributed by atoms with Crippen LogP contribution in [0.1, 0.15) is 18.7 Å². The first-order chi connectivity index (χ1) is 10.5. The summed E-state index contributed by atoms with van der Waals surface area (Å²) in [6.45, 7) is 7.38. The number of aryl methyl sites for hydroxylation is 1. The Morgan fingerprint density at radius 1 is 1.41 bits per heavy atom. The molecule has 1 aliphatic heterocycles. The van der Waals surface area contributed by atoms with Crippen LogP contribution in [0.15, 0.2) is 17.8 Å². The molecule has 1 aromatic rings. The minimum absolute atomic E-state index is 0.0544. The molecule has 2 heterocycles. The highest BCUT2D eigenvalue weighted by molar-refractivity contribution is 7.99. The zero-order chi connectivity index (χ0) is 16.1. The Bertz CT molecular complexity index is 564. The molecule has 8 heteroatoms. The van der Waals surface area contributed by atoms with Crippen molar-refractivity contribution in [3.63, 3.8) is 0 Å². The van der Waals surface area contributed by atoms with Crippen molar-refractivity contribution in [2.45, 2.75) is 31.5 Å². The number of aromatic nitrogens is 3. The second-order valence-electron chi connectivity index (χ2n) is 5.28. The Labute approximate surface area is 133 Å². The van der Waals surface area contributed by atoms with E-state index in [0.29, 0.717) is 38.2 Å². The minimum atomic E-state index is -0.269. The number of amides is 2. The summed E-state index contributed by atoms with van der Waals surface area (Å²) in [5, 5.41) is 8.83. The lowest BCUT2D eigenvalue weighted by Gasteiger charge is -2.30. The van der Waals surface area contributed by atoms with Gasteiger partial charge in [-0.3, -0.25) is 9.59 Å². The van der Waals surface area contributed by atoms with Gasteiger partial charge in [-0.15, -0.1) is 16.8 Å². The Hall–Kier alpha value is -1.83. The number of nitrogens with two attached hydrogens (primary N) is 1. The van der Waals surface area contributed by atoms with Crippen LogP contribution < -0.4 is 5.73 Å². The van der Waals surface area contributed by atoms with Gasteiger partial charge in [0.15, 0.2) is 5.16 Å². The minimum Gasteiger partial charge on any atom is -0.369 e. The largest absolute Gasteiger partial charge is 0.369 e. The number of likely N-dealkylation sites (tertiary alicyclic amines) is 1. The van der Waals surface area contributed by atoms with Gasteiger partial charge in [0.2, 0.25) is 11.8 Å². The highest BCUT2D eigenvalue weighted by Gasteiger charge is 2.26. The van der Waals surface area contributed by atoms with Crippen LogP contribution in [0.5, 0.6) is 0 Å². The number of primary amides is 1. The Morgan fingerprint density at radius 3 is 2.68 bits per heavy atom. The molecule has 0 saturated carbocycles. The first kappa shape index (κ1) is 16.5. The summed E-state index contributed by atoms with van der Waals surface area (Å²) < 4.78 is 1.92. The number of hydrogen-bond donors (Lipinski definition) is 1. The van der Waals surface area contributed by atoms with Crippen molar-refractivity contribution in [3.8, 4) is 0 Å². The van der Waals surface area contributed by atoms with E-state index in [4.69, 9.17) is 5.73 Å². The van der Waals surface area contributed by atoms with Crippen LogP contribution in [-0.4, -0.2) is 50.3 Å².